The molecule has 0 bridgehead atoms. The summed E-state index contributed by atoms with van der Waals surface area (Å²) in [6, 6.07) is 2.93. The van der Waals surface area contributed by atoms with Crippen molar-refractivity contribution in [1.29, 1.82) is 0 Å². The highest BCUT2D eigenvalue weighted by Crippen LogP contribution is 2.33. The van der Waals surface area contributed by atoms with Gasteiger partial charge in [-0.3, -0.25) is 14.7 Å². The van der Waals surface area contributed by atoms with E-state index in [-0.39, 0.29) is 48.1 Å². The van der Waals surface area contributed by atoms with Crippen molar-refractivity contribution in [2.75, 3.05) is 26.2 Å². The Balaban J connectivity index is 1.93. The number of carboxylic acid groups (broad SMARTS) is 1. The van der Waals surface area contributed by atoms with Crippen molar-refractivity contribution in [3.8, 4) is 11.5 Å². The first-order valence-electron chi connectivity index (χ1n) is 9.09. The lowest BCUT2D eigenvalue weighted by molar-refractivity contribution is -0.116. The Bertz CT molecular complexity index is 840. The minimum atomic E-state index is -1.56. The molecule has 0 radical (unpaired) electrons. The molecule has 1 aromatic carbocycles. The monoisotopic (exact) mass is 421 g/mol. The lowest BCUT2D eigenvalue weighted by Gasteiger charge is -2.38. The highest BCUT2D eigenvalue weighted by atomic mass is 16.5. The van der Waals surface area contributed by atoms with Crippen LogP contribution in [-0.4, -0.2) is 88.6 Å². The van der Waals surface area contributed by atoms with Crippen molar-refractivity contribution >= 4 is 31.2 Å². The van der Waals surface area contributed by atoms with Gasteiger partial charge in [0.1, 0.15) is 41.9 Å². The average molecular weight is 421 g/mol. The van der Waals surface area contributed by atoms with E-state index in [2.05, 4.69) is 9.98 Å². The van der Waals surface area contributed by atoms with E-state index in [1.165, 1.54) is 12.1 Å². The number of rotatable bonds is 11. The van der Waals surface area contributed by atoms with Crippen LogP contribution >= 0.6 is 0 Å². The van der Waals surface area contributed by atoms with Crippen molar-refractivity contribution in [3.63, 3.8) is 0 Å². The number of aliphatic imine (C=N–C) groups is 2. The van der Waals surface area contributed by atoms with Gasteiger partial charge in [-0.25, -0.2) is 9.79 Å². The number of likely N-dealkylation sites (tertiary alicyclic amines) is 1. The molecule has 8 N–H and O–H groups in total. The van der Waals surface area contributed by atoms with Crippen LogP contribution in [0.4, 0.5) is 0 Å². The van der Waals surface area contributed by atoms with Crippen molar-refractivity contribution in [2.24, 2.45) is 21.5 Å². The maximum Gasteiger partial charge on any atom is 0.451 e. The largest absolute Gasteiger partial charge is 0.507 e. The molecular formula is C17H24BN5O7. The second-order valence-electron chi connectivity index (χ2n) is 6.75. The molecule has 1 aliphatic rings. The van der Waals surface area contributed by atoms with Crippen molar-refractivity contribution in [1.82, 2.24) is 4.90 Å². The van der Waals surface area contributed by atoms with Gasteiger partial charge in [-0.2, -0.15) is 0 Å². The standard InChI is InChI=1S/C17H24BN5O7/c19-13(22-9-21-5-14(20)24)8-23-6-11(7-23)30-12-2-1-10(3-4-18(28)29)16(25)15(12)17(26)27/h1-2,9,11,25,28-29H,3-8H2,(H2,20,24)(H,26,27)(H2,19,21,22). The zero-order chi connectivity index (χ0) is 22.3. The predicted molar refractivity (Wildman–Crippen MR) is 109 cm³/mol. The number of ether oxygens (including phenoxy) is 1. The second-order valence-corrected chi connectivity index (χ2v) is 6.75. The summed E-state index contributed by atoms with van der Waals surface area (Å²) in [5.74, 6) is -2.08. The summed E-state index contributed by atoms with van der Waals surface area (Å²) in [6.45, 7) is 1.09. The molecule has 30 heavy (non-hydrogen) atoms. The highest BCUT2D eigenvalue weighted by molar-refractivity contribution is 6.41. The zero-order valence-corrected chi connectivity index (χ0v) is 16.1. The number of hydrogen-bond donors (Lipinski definition) is 6. The Morgan fingerprint density at radius 2 is 2.00 bits per heavy atom. The highest BCUT2D eigenvalue weighted by Gasteiger charge is 2.31. The first-order valence-corrected chi connectivity index (χ1v) is 9.09. The molecule has 1 aliphatic heterocycles. The normalized spacial score (nSPS) is 15.2. The SMILES string of the molecule is NC(=O)CN=CN=C(N)CN1CC(Oc2ccc(CCB(O)O)c(O)c2C(=O)O)C1. The van der Waals surface area contributed by atoms with E-state index in [0.29, 0.717) is 19.6 Å². The Morgan fingerprint density at radius 1 is 1.30 bits per heavy atom. The van der Waals surface area contributed by atoms with Gasteiger partial charge in [0.05, 0.1) is 6.54 Å². The molecule has 162 valence electrons. The van der Waals surface area contributed by atoms with Crippen LogP contribution in [0.15, 0.2) is 22.1 Å². The van der Waals surface area contributed by atoms with E-state index in [0.717, 1.165) is 6.34 Å². The van der Waals surface area contributed by atoms with Crippen LogP contribution in [0.3, 0.4) is 0 Å². The lowest BCUT2D eigenvalue weighted by atomic mass is 9.82. The third-order valence-corrected chi connectivity index (χ3v) is 4.26. The van der Waals surface area contributed by atoms with Crippen LogP contribution in [0.2, 0.25) is 6.32 Å². The molecule has 12 nitrogen and oxygen atoms in total. The molecule has 13 heteroatoms. The smallest absolute Gasteiger partial charge is 0.451 e. The van der Waals surface area contributed by atoms with Gasteiger partial charge in [0.2, 0.25) is 5.91 Å². The molecule has 1 saturated heterocycles. The summed E-state index contributed by atoms with van der Waals surface area (Å²) in [5, 5.41) is 37.6. The number of primary amides is 1. The first kappa shape index (κ1) is 23.1. The maximum absolute atomic E-state index is 11.6. The van der Waals surface area contributed by atoms with Gasteiger partial charge in [-0.15, -0.1) is 0 Å². The molecule has 0 atom stereocenters. The minimum Gasteiger partial charge on any atom is -0.507 e. The number of nitrogens with two attached hydrogens (primary N) is 2. The number of amides is 1. The molecule has 0 aromatic heterocycles. The maximum atomic E-state index is 11.6. The van der Waals surface area contributed by atoms with Crippen molar-refractivity contribution in [3.05, 3.63) is 23.3 Å². The van der Waals surface area contributed by atoms with E-state index in [9.17, 15) is 19.8 Å². The van der Waals surface area contributed by atoms with Crippen molar-refractivity contribution < 1.29 is 34.6 Å². The van der Waals surface area contributed by atoms with Gasteiger partial charge in [-0.1, -0.05) is 6.07 Å². The number of aryl methyl sites for hydroxylation is 1. The number of phenols is 1. The van der Waals surface area contributed by atoms with Gasteiger partial charge in [0.25, 0.3) is 0 Å². The van der Waals surface area contributed by atoms with Gasteiger partial charge in [0.15, 0.2) is 0 Å². The van der Waals surface area contributed by atoms with Gasteiger partial charge in [-0.05, 0) is 24.4 Å². The summed E-state index contributed by atoms with van der Waals surface area (Å²) in [7, 11) is -1.56. The van der Waals surface area contributed by atoms with Gasteiger partial charge >= 0.3 is 13.1 Å². The van der Waals surface area contributed by atoms with Crippen LogP contribution in [0.25, 0.3) is 0 Å². The topological polar surface area (TPSA) is 204 Å². The summed E-state index contributed by atoms with van der Waals surface area (Å²) in [5.41, 5.74) is 10.6. The second kappa shape index (κ2) is 10.6. The summed E-state index contributed by atoms with van der Waals surface area (Å²) >= 11 is 0. The van der Waals surface area contributed by atoms with Crippen LogP contribution in [0, 0.1) is 0 Å². The van der Waals surface area contributed by atoms with Crippen molar-refractivity contribution in [2.45, 2.75) is 18.8 Å². The van der Waals surface area contributed by atoms with Crippen LogP contribution < -0.4 is 16.2 Å². The summed E-state index contributed by atoms with van der Waals surface area (Å²) in [6.07, 6.45) is 0.917. The fourth-order valence-electron chi connectivity index (χ4n) is 2.83. The number of amidine groups is 1. The molecule has 0 aliphatic carbocycles. The first-order chi connectivity index (χ1) is 14.2. The quantitative estimate of drug-likeness (QED) is 0.133. The van der Waals surface area contributed by atoms with E-state index >= 15 is 0 Å². The third kappa shape index (κ3) is 6.72. The van der Waals surface area contributed by atoms with Crippen LogP contribution in [0.5, 0.6) is 11.5 Å². The predicted octanol–water partition coefficient (Wildman–Crippen LogP) is -1.96. The Morgan fingerprint density at radius 3 is 2.60 bits per heavy atom. The number of carboxylic acids is 1. The van der Waals surface area contributed by atoms with E-state index in [1.807, 2.05) is 4.90 Å². The van der Waals surface area contributed by atoms with E-state index in [4.69, 9.17) is 26.3 Å². The molecular weight excluding hydrogens is 397 g/mol. The number of benzene rings is 1. The fourth-order valence-corrected chi connectivity index (χ4v) is 2.83. The summed E-state index contributed by atoms with van der Waals surface area (Å²) in [4.78, 5) is 31.6. The Kier molecular flexibility index (Phi) is 8.15. The average Bonchev–Trinajstić information content (AvgIpc) is 2.62. The number of aromatic hydroxyl groups is 1. The third-order valence-electron chi connectivity index (χ3n) is 4.26. The molecule has 1 aromatic rings. The molecule has 1 heterocycles. The van der Waals surface area contributed by atoms with Gasteiger partial charge < -0.3 is 36.5 Å². The number of hydrogen-bond acceptors (Lipinski definition) is 8. The van der Waals surface area contributed by atoms with E-state index < -0.39 is 24.7 Å². The molecule has 2 rings (SSSR count). The van der Waals surface area contributed by atoms with E-state index in [1.54, 1.807) is 0 Å². The van der Waals surface area contributed by atoms with Crippen LogP contribution in [0.1, 0.15) is 15.9 Å². The Labute approximate surface area is 172 Å². The van der Waals surface area contributed by atoms with Gasteiger partial charge in [0, 0.05) is 13.1 Å². The fraction of sp³-hybridized carbons (Fsp3) is 0.412. The molecule has 0 unspecified atom stereocenters. The molecule has 0 saturated carbocycles. The zero-order valence-electron chi connectivity index (χ0n) is 16.1. The minimum absolute atomic E-state index is 0.0261. The number of carbonyl (C=O) groups is 2. The number of nitrogens with zero attached hydrogens (tertiary/aromatic N) is 3. The lowest BCUT2D eigenvalue weighted by Crippen LogP contribution is -2.56. The van der Waals surface area contributed by atoms with Crippen LogP contribution in [-0.2, 0) is 11.2 Å². The number of aromatic carboxylic acids is 1. The number of carbonyl (C=O) groups excluding carboxylic acids is 1. The molecule has 1 fully saturated rings. The Hall–Kier alpha value is -3.16. The summed E-state index contributed by atoms with van der Waals surface area (Å²) < 4.78 is 5.70. The molecule has 0 spiro atoms. The molecule has 1 amide bonds.